The molecule has 1 aliphatic rings. The molecule has 4 atom stereocenters. The molecule has 0 spiro atoms. The number of amides is 1. The van der Waals surface area contributed by atoms with E-state index in [1.807, 2.05) is 13.8 Å². The van der Waals surface area contributed by atoms with Crippen molar-refractivity contribution in [2.45, 2.75) is 63.8 Å². The van der Waals surface area contributed by atoms with Crippen LogP contribution in [0, 0.1) is 0 Å². The molecule has 1 amide bonds. The molecule has 160 valence electrons. The number of nitrogens with one attached hydrogen (secondary N) is 1. The zero-order chi connectivity index (χ0) is 21.9. The summed E-state index contributed by atoms with van der Waals surface area (Å²) in [7, 11) is 0. The van der Waals surface area contributed by atoms with Crippen molar-refractivity contribution < 1.29 is 28.6 Å². The summed E-state index contributed by atoms with van der Waals surface area (Å²) < 4.78 is 17.5. The van der Waals surface area contributed by atoms with Crippen molar-refractivity contribution in [3.05, 3.63) is 22.2 Å². The molecule has 1 aromatic rings. The Kier molecular flexibility index (Phi) is 7.53. The Morgan fingerprint density at radius 1 is 1.28 bits per heavy atom. The van der Waals surface area contributed by atoms with Crippen LogP contribution in [-0.4, -0.2) is 51.0 Å². The molecule has 1 saturated heterocycles. The van der Waals surface area contributed by atoms with Gasteiger partial charge in [-0.3, -0.25) is 19.0 Å². The second-order valence-electron chi connectivity index (χ2n) is 6.96. The molecule has 1 fully saturated rings. The van der Waals surface area contributed by atoms with Crippen molar-refractivity contribution in [3.63, 3.8) is 0 Å². The number of alkyl halides is 1. The van der Waals surface area contributed by atoms with E-state index >= 15 is 0 Å². The lowest BCUT2D eigenvalue weighted by Crippen LogP contribution is -2.37. The molecule has 1 N–H and O–H groups in total. The summed E-state index contributed by atoms with van der Waals surface area (Å²) >= 11 is 3.42. The van der Waals surface area contributed by atoms with Gasteiger partial charge in [0.05, 0.1) is 4.83 Å². The maximum Gasteiger partial charge on any atom is 0.351 e. The first-order valence-electron chi connectivity index (χ1n) is 9.02. The fourth-order valence-electron chi connectivity index (χ4n) is 2.93. The molecule has 2 rings (SSSR count). The van der Waals surface area contributed by atoms with E-state index < -0.39 is 40.9 Å². The number of rotatable bonds is 6. The molecule has 10 nitrogen and oxygen atoms in total. The Hall–Kier alpha value is -2.27. The molecular formula is C18H24BrN3O7. The van der Waals surface area contributed by atoms with Gasteiger partial charge >= 0.3 is 17.6 Å². The van der Waals surface area contributed by atoms with Crippen LogP contribution in [0.5, 0.6) is 0 Å². The van der Waals surface area contributed by atoms with Crippen LogP contribution in [0.3, 0.4) is 0 Å². The van der Waals surface area contributed by atoms with Gasteiger partial charge in [-0.1, -0.05) is 29.8 Å². The summed E-state index contributed by atoms with van der Waals surface area (Å²) in [4.78, 5) is 50.3. The standard InChI is InChI=1S/C18H24BrN3O7/c1-8(2)12-6-22(18(26)21-16(12)20-9(3)23)17-15(28-11(5)25)14(19)13(29-17)7-27-10(4)24/h6,8,13-15,17H,7H2,1-5H3,(H,20,21,23,26)/t13-,14+,15-,17-/m1/s1. The fraction of sp³-hybridized carbons (Fsp3) is 0.611. The zero-order valence-corrected chi connectivity index (χ0v) is 18.4. The van der Waals surface area contributed by atoms with Crippen molar-refractivity contribution in [2.75, 3.05) is 11.9 Å². The lowest BCUT2D eigenvalue weighted by molar-refractivity contribution is -0.153. The quantitative estimate of drug-likeness (QED) is 0.486. The lowest BCUT2D eigenvalue weighted by Gasteiger charge is -2.23. The third-order valence-corrected chi connectivity index (χ3v) is 5.30. The second kappa shape index (κ2) is 9.49. The molecular weight excluding hydrogens is 450 g/mol. The zero-order valence-electron chi connectivity index (χ0n) is 16.8. The second-order valence-corrected chi connectivity index (χ2v) is 8.01. The van der Waals surface area contributed by atoms with Crippen molar-refractivity contribution in [1.82, 2.24) is 9.55 Å². The normalized spacial score (nSPS) is 23.7. The Labute approximate surface area is 176 Å². The number of carbonyl (C=O) groups is 3. The minimum absolute atomic E-state index is 0.0682. The summed E-state index contributed by atoms with van der Waals surface area (Å²) in [6.45, 7) is 7.52. The molecule has 0 bridgehead atoms. The monoisotopic (exact) mass is 473 g/mol. The average molecular weight is 474 g/mol. The molecule has 0 aromatic carbocycles. The Bertz CT molecular complexity index is 854. The summed E-state index contributed by atoms with van der Waals surface area (Å²) in [6, 6.07) is 0. The van der Waals surface area contributed by atoms with E-state index in [4.69, 9.17) is 14.2 Å². The molecule has 1 aromatic heterocycles. The molecule has 11 heteroatoms. The average Bonchev–Trinajstić information content (AvgIpc) is 2.88. The summed E-state index contributed by atoms with van der Waals surface area (Å²) in [5.41, 5.74) is -0.0762. The van der Waals surface area contributed by atoms with Crippen molar-refractivity contribution >= 4 is 39.6 Å². The van der Waals surface area contributed by atoms with Crippen molar-refractivity contribution in [3.8, 4) is 0 Å². The summed E-state index contributed by atoms with van der Waals surface area (Å²) in [6.07, 6.45) is -0.982. The number of halogens is 1. The maximum atomic E-state index is 12.7. The van der Waals surface area contributed by atoms with Crippen LogP contribution in [0.15, 0.2) is 11.0 Å². The van der Waals surface area contributed by atoms with Gasteiger partial charge in [0.2, 0.25) is 5.91 Å². The van der Waals surface area contributed by atoms with Gasteiger partial charge in [-0.2, -0.15) is 4.98 Å². The van der Waals surface area contributed by atoms with E-state index in [0.717, 1.165) is 0 Å². The van der Waals surface area contributed by atoms with E-state index in [0.29, 0.717) is 5.56 Å². The van der Waals surface area contributed by atoms with Crippen molar-refractivity contribution in [1.29, 1.82) is 0 Å². The molecule has 2 heterocycles. The highest BCUT2D eigenvalue weighted by molar-refractivity contribution is 9.09. The molecule has 0 unspecified atom stereocenters. The SMILES string of the molecule is CC(=O)Nc1nc(=O)n([C@@H]2O[C@H](COC(C)=O)[C@H](Br)[C@H]2OC(C)=O)cc1C(C)C. The minimum Gasteiger partial charge on any atom is -0.463 e. The van der Waals surface area contributed by atoms with E-state index in [9.17, 15) is 19.2 Å². The van der Waals surface area contributed by atoms with Crippen LogP contribution in [-0.2, 0) is 28.6 Å². The summed E-state index contributed by atoms with van der Waals surface area (Å²) in [5.74, 6) is -1.29. The number of nitrogens with zero attached hydrogens (tertiary/aromatic N) is 2. The van der Waals surface area contributed by atoms with Gasteiger partial charge < -0.3 is 19.5 Å². The first-order chi connectivity index (χ1) is 13.5. The fourth-order valence-corrected chi connectivity index (χ4v) is 3.57. The van der Waals surface area contributed by atoms with Crippen LogP contribution in [0.4, 0.5) is 5.82 Å². The lowest BCUT2D eigenvalue weighted by atomic mass is 10.1. The van der Waals surface area contributed by atoms with Gasteiger partial charge in [-0.05, 0) is 5.92 Å². The predicted octanol–water partition coefficient (Wildman–Crippen LogP) is 1.48. The highest BCUT2D eigenvalue weighted by atomic mass is 79.9. The summed E-state index contributed by atoms with van der Waals surface area (Å²) in [5, 5.41) is 2.55. The molecule has 0 radical (unpaired) electrons. The number of aromatic nitrogens is 2. The Morgan fingerprint density at radius 2 is 1.93 bits per heavy atom. The van der Waals surface area contributed by atoms with E-state index in [-0.39, 0.29) is 24.2 Å². The smallest absolute Gasteiger partial charge is 0.351 e. The number of carbonyl (C=O) groups excluding carboxylic acids is 3. The third-order valence-electron chi connectivity index (χ3n) is 4.19. The predicted molar refractivity (Wildman–Crippen MR) is 106 cm³/mol. The topological polar surface area (TPSA) is 126 Å². The van der Waals surface area contributed by atoms with Crippen LogP contribution < -0.4 is 11.0 Å². The largest absolute Gasteiger partial charge is 0.463 e. The maximum absolute atomic E-state index is 12.7. The molecule has 0 aliphatic carbocycles. The van der Waals surface area contributed by atoms with Gasteiger partial charge in [0, 0.05) is 32.5 Å². The molecule has 1 aliphatic heterocycles. The minimum atomic E-state index is -0.993. The van der Waals surface area contributed by atoms with Gasteiger partial charge in [-0.25, -0.2) is 4.79 Å². The van der Waals surface area contributed by atoms with Crippen LogP contribution in [0.25, 0.3) is 0 Å². The molecule has 0 saturated carbocycles. The van der Waals surface area contributed by atoms with Gasteiger partial charge in [-0.15, -0.1) is 0 Å². The Morgan fingerprint density at radius 3 is 2.45 bits per heavy atom. The van der Waals surface area contributed by atoms with Gasteiger partial charge in [0.1, 0.15) is 18.5 Å². The van der Waals surface area contributed by atoms with Crippen LogP contribution in [0.1, 0.15) is 52.3 Å². The number of anilines is 1. The Balaban J connectivity index is 2.46. The van der Waals surface area contributed by atoms with E-state index in [2.05, 4.69) is 26.2 Å². The van der Waals surface area contributed by atoms with Crippen LogP contribution >= 0.6 is 15.9 Å². The first kappa shape index (κ1) is 23.0. The number of hydrogen-bond donors (Lipinski definition) is 1. The van der Waals surface area contributed by atoms with E-state index in [1.54, 1.807) is 0 Å². The number of esters is 2. The highest BCUT2D eigenvalue weighted by Crippen LogP contribution is 2.36. The highest BCUT2D eigenvalue weighted by Gasteiger charge is 2.47. The van der Waals surface area contributed by atoms with Gasteiger partial charge in [0.15, 0.2) is 12.3 Å². The number of hydrogen-bond acceptors (Lipinski definition) is 8. The first-order valence-corrected chi connectivity index (χ1v) is 9.93. The third kappa shape index (κ3) is 5.63. The number of ether oxygens (including phenoxy) is 3. The van der Waals surface area contributed by atoms with E-state index in [1.165, 1.54) is 31.5 Å². The van der Waals surface area contributed by atoms with Crippen LogP contribution in [0.2, 0.25) is 0 Å². The molecule has 29 heavy (non-hydrogen) atoms. The van der Waals surface area contributed by atoms with Gasteiger partial charge in [0.25, 0.3) is 0 Å². The van der Waals surface area contributed by atoms with Crippen molar-refractivity contribution in [2.24, 2.45) is 0 Å².